The summed E-state index contributed by atoms with van der Waals surface area (Å²) in [5, 5.41) is 20.7. The van der Waals surface area contributed by atoms with E-state index in [4.69, 9.17) is 0 Å². The fraction of sp³-hybridized carbons (Fsp3) is 0.294. The minimum Gasteiger partial charge on any atom is -0.367 e. The average Bonchev–Trinajstić information content (AvgIpc) is 3.08. The topological polar surface area (TPSA) is 54.1 Å². The number of anilines is 1. The van der Waals surface area contributed by atoms with Crippen LogP contribution in [0.1, 0.15) is 16.0 Å². The number of para-hydroxylation sites is 1. The quantitative estimate of drug-likeness (QED) is 0.875. The summed E-state index contributed by atoms with van der Waals surface area (Å²) in [5.74, 6) is 0. The lowest BCUT2D eigenvalue weighted by molar-refractivity contribution is 0.252. The van der Waals surface area contributed by atoms with E-state index < -0.39 is 0 Å². The highest BCUT2D eigenvalue weighted by atomic mass is 32.1. The summed E-state index contributed by atoms with van der Waals surface area (Å²) < 4.78 is 0. The van der Waals surface area contributed by atoms with Gasteiger partial charge in [0.1, 0.15) is 12.1 Å². The van der Waals surface area contributed by atoms with Gasteiger partial charge in [-0.3, -0.25) is 4.90 Å². The molecule has 0 bridgehead atoms. The maximum atomic E-state index is 9.30. The molecule has 110 valence electrons. The van der Waals surface area contributed by atoms with Gasteiger partial charge in [-0.2, -0.15) is 10.5 Å². The van der Waals surface area contributed by atoms with Crippen molar-refractivity contribution in [1.82, 2.24) is 4.90 Å². The second-order valence-corrected chi connectivity index (χ2v) is 6.30. The molecule has 2 heterocycles. The van der Waals surface area contributed by atoms with Crippen LogP contribution in [0.3, 0.4) is 0 Å². The van der Waals surface area contributed by atoms with Gasteiger partial charge in [0.2, 0.25) is 0 Å². The van der Waals surface area contributed by atoms with Gasteiger partial charge in [-0.05, 0) is 23.6 Å². The Hall–Kier alpha value is -2.34. The zero-order valence-electron chi connectivity index (χ0n) is 12.2. The number of hydrogen-bond donors (Lipinski definition) is 0. The number of nitrogens with zero attached hydrogens (tertiary/aromatic N) is 4. The van der Waals surface area contributed by atoms with E-state index in [0.717, 1.165) is 38.4 Å². The van der Waals surface area contributed by atoms with Crippen molar-refractivity contribution in [2.45, 2.75) is 6.54 Å². The Morgan fingerprint density at radius 2 is 1.64 bits per heavy atom. The molecule has 0 aliphatic carbocycles. The van der Waals surface area contributed by atoms with Crippen LogP contribution in [0.5, 0.6) is 0 Å². The van der Waals surface area contributed by atoms with E-state index in [-0.39, 0.29) is 0 Å². The van der Waals surface area contributed by atoms with E-state index in [2.05, 4.69) is 39.5 Å². The molecule has 2 aromatic rings. The van der Waals surface area contributed by atoms with E-state index in [1.165, 1.54) is 4.88 Å². The Bertz CT molecular complexity index is 684. The number of rotatable bonds is 3. The Labute approximate surface area is 134 Å². The molecule has 1 aliphatic rings. The molecule has 1 saturated heterocycles. The number of nitriles is 2. The maximum Gasteiger partial charge on any atom is 0.101 e. The number of thiophene rings is 1. The van der Waals surface area contributed by atoms with E-state index in [1.807, 2.05) is 0 Å². The largest absolute Gasteiger partial charge is 0.367 e. The molecule has 3 rings (SSSR count). The summed E-state index contributed by atoms with van der Waals surface area (Å²) >= 11 is 1.78. The first-order chi connectivity index (χ1) is 10.8. The van der Waals surface area contributed by atoms with E-state index in [9.17, 15) is 10.5 Å². The lowest BCUT2D eigenvalue weighted by atomic mass is 10.1. The highest BCUT2D eigenvalue weighted by Crippen LogP contribution is 2.26. The molecule has 1 fully saturated rings. The third kappa shape index (κ3) is 2.96. The molecule has 22 heavy (non-hydrogen) atoms. The summed E-state index contributed by atoms with van der Waals surface area (Å²) in [6.07, 6.45) is 0. The average molecular weight is 308 g/mol. The van der Waals surface area contributed by atoms with Crippen LogP contribution >= 0.6 is 11.3 Å². The van der Waals surface area contributed by atoms with Crippen molar-refractivity contribution in [2.75, 3.05) is 31.1 Å². The highest BCUT2D eigenvalue weighted by molar-refractivity contribution is 7.09. The van der Waals surface area contributed by atoms with E-state index >= 15 is 0 Å². The van der Waals surface area contributed by atoms with Gasteiger partial charge in [-0.15, -0.1) is 11.3 Å². The van der Waals surface area contributed by atoms with Crippen LogP contribution in [0.15, 0.2) is 35.7 Å². The van der Waals surface area contributed by atoms with Crippen molar-refractivity contribution in [3.63, 3.8) is 0 Å². The highest BCUT2D eigenvalue weighted by Gasteiger charge is 2.21. The van der Waals surface area contributed by atoms with Crippen LogP contribution in [-0.2, 0) is 6.54 Å². The molecule has 0 spiro atoms. The predicted octanol–water partition coefficient (Wildman–Crippen LogP) is 2.81. The summed E-state index contributed by atoms with van der Waals surface area (Å²) in [4.78, 5) is 5.97. The summed E-state index contributed by atoms with van der Waals surface area (Å²) in [6, 6.07) is 14.0. The number of benzene rings is 1. The third-order valence-electron chi connectivity index (χ3n) is 3.92. The smallest absolute Gasteiger partial charge is 0.101 e. The van der Waals surface area contributed by atoms with Gasteiger partial charge >= 0.3 is 0 Å². The van der Waals surface area contributed by atoms with Crippen LogP contribution in [0, 0.1) is 22.7 Å². The van der Waals surface area contributed by atoms with Gasteiger partial charge < -0.3 is 4.90 Å². The van der Waals surface area contributed by atoms with Crippen molar-refractivity contribution in [3.8, 4) is 12.1 Å². The van der Waals surface area contributed by atoms with Gasteiger partial charge in [-0.25, -0.2) is 0 Å². The fourth-order valence-electron chi connectivity index (χ4n) is 2.82. The van der Waals surface area contributed by atoms with E-state index in [0.29, 0.717) is 11.1 Å². The van der Waals surface area contributed by atoms with Crippen molar-refractivity contribution in [2.24, 2.45) is 0 Å². The molecule has 5 heteroatoms. The molecule has 0 unspecified atom stereocenters. The van der Waals surface area contributed by atoms with Crippen LogP contribution in [0.4, 0.5) is 5.69 Å². The molecule has 1 aromatic carbocycles. The van der Waals surface area contributed by atoms with Gasteiger partial charge in [0.05, 0.1) is 16.8 Å². The van der Waals surface area contributed by atoms with Crippen molar-refractivity contribution in [3.05, 3.63) is 51.7 Å². The minimum absolute atomic E-state index is 0.589. The number of hydrogen-bond acceptors (Lipinski definition) is 5. The molecule has 0 N–H and O–H groups in total. The molecule has 0 amide bonds. The van der Waals surface area contributed by atoms with E-state index in [1.54, 1.807) is 29.5 Å². The SMILES string of the molecule is N#Cc1cccc(C#N)c1N1CCN(Cc2cccs2)CC1. The van der Waals surface area contributed by atoms with Crippen molar-refractivity contribution < 1.29 is 0 Å². The molecular weight excluding hydrogens is 292 g/mol. The second kappa shape index (κ2) is 6.62. The second-order valence-electron chi connectivity index (χ2n) is 5.27. The fourth-order valence-corrected chi connectivity index (χ4v) is 3.56. The summed E-state index contributed by atoms with van der Waals surface area (Å²) in [6.45, 7) is 4.57. The minimum atomic E-state index is 0.589. The Kier molecular flexibility index (Phi) is 4.39. The van der Waals surface area contributed by atoms with Crippen molar-refractivity contribution >= 4 is 17.0 Å². The molecular formula is C17H16N4S. The Balaban J connectivity index is 1.72. The van der Waals surface area contributed by atoms with Crippen LogP contribution < -0.4 is 4.90 Å². The third-order valence-corrected chi connectivity index (χ3v) is 4.79. The molecule has 1 aromatic heterocycles. The first kappa shape index (κ1) is 14.6. The zero-order chi connectivity index (χ0) is 15.4. The summed E-state index contributed by atoms with van der Waals surface area (Å²) in [5.41, 5.74) is 1.97. The summed E-state index contributed by atoms with van der Waals surface area (Å²) in [7, 11) is 0. The molecule has 0 saturated carbocycles. The molecule has 1 aliphatic heterocycles. The zero-order valence-corrected chi connectivity index (χ0v) is 13.0. The molecule has 0 atom stereocenters. The monoisotopic (exact) mass is 308 g/mol. The standard InChI is InChI=1S/C17H16N4S/c18-11-14-3-1-4-15(12-19)17(14)21-8-6-20(7-9-21)13-16-5-2-10-22-16/h1-5,10H,6-9,13H2. The van der Waals surface area contributed by atoms with Gasteiger partial charge in [0.25, 0.3) is 0 Å². The van der Waals surface area contributed by atoms with Gasteiger partial charge in [0, 0.05) is 37.6 Å². The molecule has 0 radical (unpaired) electrons. The van der Waals surface area contributed by atoms with Crippen LogP contribution in [0.2, 0.25) is 0 Å². The van der Waals surface area contributed by atoms with Gasteiger partial charge in [-0.1, -0.05) is 12.1 Å². The van der Waals surface area contributed by atoms with Gasteiger partial charge in [0.15, 0.2) is 0 Å². The predicted molar refractivity (Wildman–Crippen MR) is 87.7 cm³/mol. The Morgan fingerprint density at radius 3 is 2.18 bits per heavy atom. The molecule has 4 nitrogen and oxygen atoms in total. The Morgan fingerprint density at radius 1 is 0.955 bits per heavy atom. The normalized spacial score (nSPS) is 15.3. The lowest BCUT2D eigenvalue weighted by Gasteiger charge is -2.36. The van der Waals surface area contributed by atoms with Crippen LogP contribution in [-0.4, -0.2) is 31.1 Å². The van der Waals surface area contributed by atoms with Crippen molar-refractivity contribution in [1.29, 1.82) is 10.5 Å². The maximum absolute atomic E-state index is 9.30. The first-order valence-corrected chi connectivity index (χ1v) is 8.12. The lowest BCUT2D eigenvalue weighted by Crippen LogP contribution is -2.46. The number of piperazine rings is 1. The van der Waals surface area contributed by atoms with Crippen LogP contribution in [0.25, 0.3) is 0 Å². The first-order valence-electron chi connectivity index (χ1n) is 7.24.